The van der Waals surface area contributed by atoms with Crippen LogP contribution < -0.4 is 15.6 Å². The Morgan fingerprint density at radius 3 is 2.84 bits per heavy atom. The molecule has 0 aliphatic rings. The van der Waals surface area contributed by atoms with Gasteiger partial charge in [0.2, 0.25) is 0 Å². The molecule has 2 rings (SSSR count). The molecule has 1 atom stereocenters. The number of pyridine rings is 1. The van der Waals surface area contributed by atoms with E-state index in [4.69, 9.17) is 21.1 Å². The standard InChI is InChI=1S/C16H17ClIN3O4/c1-3-12(24-2)16(23)21-20-13(22)8-25-15-11(18)7-10(17)9-5-4-6-19-14(9)15/h4-7,12H,3,8H2,1-2H3,(H,20,22)(H,21,23). The zero-order valence-corrected chi connectivity index (χ0v) is 16.6. The lowest BCUT2D eigenvalue weighted by Crippen LogP contribution is -2.48. The Bertz CT molecular complexity index is 783. The Labute approximate surface area is 163 Å². The Hall–Kier alpha value is -1.65. The number of ether oxygens (including phenoxy) is 2. The summed E-state index contributed by atoms with van der Waals surface area (Å²) in [6.07, 6.45) is 1.50. The van der Waals surface area contributed by atoms with Gasteiger partial charge in [-0.15, -0.1) is 0 Å². The maximum absolute atomic E-state index is 11.9. The van der Waals surface area contributed by atoms with E-state index < -0.39 is 17.9 Å². The van der Waals surface area contributed by atoms with E-state index in [1.54, 1.807) is 25.3 Å². The van der Waals surface area contributed by atoms with Crippen LogP contribution in [0.25, 0.3) is 10.9 Å². The highest BCUT2D eigenvalue weighted by Crippen LogP contribution is 2.34. The molecule has 7 nitrogen and oxygen atoms in total. The van der Waals surface area contributed by atoms with Gasteiger partial charge in [-0.3, -0.25) is 25.4 Å². The van der Waals surface area contributed by atoms with Gasteiger partial charge in [0, 0.05) is 18.7 Å². The third-order valence-corrected chi connectivity index (χ3v) is 4.48. The maximum Gasteiger partial charge on any atom is 0.276 e. The summed E-state index contributed by atoms with van der Waals surface area (Å²) >= 11 is 8.26. The monoisotopic (exact) mass is 477 g/mol. The number of amides is 2. The van der Waals surface area contributed by atoms with E-state index in [2.05, 4.69) is 38.4 Å². The molecule has 0 aliphatic carbocycles. The highest BCUT2D eigenvalue weighted by molar-refractivity contribution is 14.1. The van der Waals surface area contributed by atoms with Gasteiger partial charge < -0.3 is 9.47 Å². The van der Waals surface area contributed by atoms with Crippen molar-refractivity contribution in [3.8, 4) is 5.75 Å². The third kappa shape index (κ3) is 4.93. The Kier molecular flexibility index (Phi) is 7.21. The van der Waals surface area contributed by atoms with Gasteiger partial charge in [-0.05, 0) is 47.2 Å². The molecule has 9 heteroatoms. The summed E-state index contributed by atoms with van der Waals surface area (Å²) in [5.74, 6) is -0.467. The molecule has 0 saturated heterocycles. The first-order valence-corrected chi connectivity index (χ1v) is 8.90. The molecule has 0 bridgehead atoms. The van der Waals surface area contributed by atoms with E-state index in [1.807, 2.05) is 6.07 Å². The number of benzene rings is 1. The lowest BCUT2D eigenvalue weighted by Gasteiger charge is -2.15. The first kappa shape index (κ1) is 19.7. The number of carbonyl (C=O) groups is 2. The van der Waals surface area contributed by atoms with Gasteiger partial charge in [0.25, 0.3) is 11.8 Å². The quantitative estimate of drug-likeness (QED) is 0.493. The van der Waals surface area contributed by atoms with Crippen molar-refractivity contribution in [3.63, 3.8) is 0 Å². The molecule has 25 heavy (non-hydrogen) atoms. The van der Waals surface area contributed by atoms with Gasteiger partial charge in [0.1, 0.15) is 11.6 Å². The number of halogens is 2. The van der Waals surface area contributed by atoms with E-state index in [9.17, 15) is 9.59 Å². The Morgan fingerprint density at radius 2 is 2.16 bits per heavy atom. The zero-order chi connectivity index (χ0) is 18.4. The number of rotatable bonds is 6. The molecule has 1 unspecified atom stereocenters. The van der Waals surface area contributed by atoms with E-state index in [-0.39, 0.29) is 6.61 Å². The smallest absolute Gasteiger partial charge is 0.276 e. The molecule has 1 aromatic carbocycles. The average Bonchev–Trinajstić information content (AvgIpc) is 2.60. The van der Waals surface area contributed by atoms with Gasteiger partial charge >= 0.3 is 0 Å². The van der Waals surface area contributed by atoms with Crippen LogP contribution in [-0.4, -0.2) is 36.6 Å². The second kappa shape index (κ2) is 9.16. The van der Waals surface area contributed by atoms with E-state index in [0.29, 0.717) is 22.7 Å². The van der Waals surface area contributed by atoms with Crippen LogP contribution >= 0.6 is 34.2 Å². The van der Waals surface area contributed by atoms with Crippen molar-refractivity contribution < 1.29 is 19.1 Å². The lowest BCUT2D eigenvalue weighted by molar-refractivity contribution is -0.136. The molecule has 0 fully saturated rings. The summed E-state index contributed by atoms with van der Waals surface area (Å²) in [7, 11) is 1.43. The van der Waals surface area contributed by atoms with Crippen LogP contribution in [0.2, 0.25) is 5.02 Å². The fourth-order valence-corrected chi connectivity index (χ4v) is 3.30. The number of aromatic nitrogens is 1. The van der Waals surface area contributed by atoms with Gasteiger partial charge in [-0.25, -0.2) is 0 Å². The summed E-state index contributed by atoms with van der Waals surface area (Å²) in [4.78, 5) is 27.9. The first-order chi connectivity index (χ1) is 12.0. The average molecular weight is 478 g/mol. The van der Waals surface area contributed by atoms with Crippen LogP contribution in [-0.2, 0) is 14.3 Å². The van der Waals surface area contributed by atoms with Crippen LogP contribution in [0.4, 0.5) is 0 Å². The molecule has 2 aromatic rings. The number of methoxy groups -OCH3 is 1. The zero-order valence-electron chi connectivity index (χ0n) is 13.6. The number of hydrogen-bond donors (Lipinski definition) is 2. The van der Waals surface area contributed by atoms with Crippen LogP contribution in [0.3, 0.4) is 0 Å². The summed E-state index contributed by atoms with van der Waals surface area (Å²) in [5.41, 5.74) is 5.16. The molecule has 0 aliphatic heterocycles. The lowest BCUT2D eigenvalue weighted by atomic mass is 10.2. The summed E-state index contributed by atoms with van der Waals surface area (Å²) in [5, 5.41) is 1.29. The number of hydrazine groups is 1. The summed E-state index contributed by atoms with van der Waals surface area (Å²) in [6, 6.07) is 5.34. The van der Waals surface area contributed by atoms with Crippen molar-refractivity contribution in [2.45, 2.75) is 19.4 Å². The van der Waals surface area contributed by atoms with E-state index >= 15 is 0 Å². The highest BCUT2D eigenvalue weighted by Gasteiger charge is 2.17. The molecule has 134 valence electrons. The molecular formula is C16H17ClIN3O4. The second-order valence-electron chi connectivity index (χ2n) is 5.03. The Balaban J connectivity index is 2.01. The van der Waals surface area contributed by atoms with Crippen molar-refractivity contribution in [1.82, 2.24) is 15.8 Å². The van der Waals surface area contributed by atoms with Crippen molar-refractivity contribution in [2.24, 2.45) is 0 Å². The number of hydrogen-bond acceptors (Lipinski definition) is 5. The van der Waals surface area contributed by atoms with Crippen molar-refractivity contribution in [1.29, 1.82) is 0 Å². The number of carbonyl (C=O) groups excluding carboxylic acids is 2. The van der Waals surface area contributed by atoms with Crippen LogP contribution in [0, 0.1) is 3.57 Å². The van der Waals surface area contributed by atoms with Crippen LogP contribution in [0.5, 0.6) is 5.75 Å². The SMILES string of the molecule is CCC(OC)C(=O)NNC(=O)COc1c(I)cc(Cl)c2cccnc12. The Morgan fingerprint density at radius 1 is 1.40 bits per heavy atom. The van der Waals surface area contributed by atoms with Gasteiger partial charge in [0.15, 0.2) is 12.4 Å². The summed E-state index contributed by atoms with van der Waals surface area (Å²) < 4.78 is 11.3. The maximum atomic E-state index is 11.9. The first-order valence-electron chi connectivity index (χ1n) is 7.45. The predicted molar refractivity (Wildman–Crippen MR) is 102 cm³/mol. The minimum atomic E-state index is -0.619. The molecule has 2 amide bonds. The molecule has 2 N–H and O–H groups in total. The molecule has 0 saturated carbocycles. The van der Waals surface area contributed by atoms with Crippen LogP contribution in [0.1, 0.15) is 13.3 Å². The van der Waals surface area contributed by atoms with E-state index in [1.165, 1.54) is 7.11 Å². The predicted octanol–water partition coefficient (Wildman–Crippen LogP) is 2.44. The van der Waals surface area contributed by atoms with Gasteiger partial charge in [0.05, 0.1) is 8.59 Å². The molecule has 1 aromatic heterocycles. The summed E-state index contributed by atoms with van der Waals surface area (Å²) in [6.45, 7) is 1.52. The molecule has 0 radical (unpaired) electrons. The number of nitrogens with one attached hydrogen (secondary N) is 2. The topological polar surface area (TPSA) is 89.6 Å². The normalized spacial score (nSPS) is 11.8. The minimum absolute atomic E-state index is 0.284. The van der Waals surface area contributed by atoms with Crippen molar-refractivity contribution in [2.75, 3.05) is 13.7 Å². The molecule has 1 heterocycles. The number of fused-ring (bicyclic) bond motifs is 1. The van der Waals surface area contributed by atoms with E-state index in [0.717, 1.165) is 8.96 Å². The third-order valence-electron chi connectivity index (χ3n) is 3.37. The van der Waals surface area contributed by atoms with Gasteiger partial charge in [-0.2, -0.15) is 0 Å². The largest absolute Gasteiger partial charge is 0.480 e. The van der Waals surface area contributed by atoms with Crippen molar-refractivity contribution >= 4 is 56.9 Å². The minimum Gasteiger partial charge on any atom is -0.480 e. The van der Waals surface area contributed by atoms with Crippen LogP contribution in [0.15, 0.2) is 24.4 Å². The fraction of sp³-hybridized carbons (Fsp3) is 0.312. The molecular weight excluding hydrogens is 461 g/mol. The fourth-order valence-electron chi connectivity index (χ4n) is 2.13. The second-order valence-corrected chi connectivity index (χ2v) is 6.60. The number of nitrogens with zero attached hydrogens (tertiary/aromatic N) is 1. The van der Waals surface area contributed by atoms with Crippen molar-refractivity contribution in [3.05, 3.63) is 33.0 Å². The van der Waals surface area contributed by atoms with Gasteiger partial charge in [-0.1, -0.05) is 18.5 Å². The molecule has 0 spiro atoms. The highest BCUT2D eigenvalue weighted by atomic mass is 127.